The number of nitrogens with zero attached hydrogens (tertiary/aromatic N) is 5. The van der Waals surface area contributed by atoms with E-state index >= 15 is 0 Å². The lowest BCUT2D eigenvalue weighted by atomic mass is 10.1. The Balaban J connectivity index is 0.000000380. The number of carbonyl (C=O) groups is 5. The van der Waals surface area contributed by atoms with E-state index in [4.69, 9.17) is 30.9 Å². The van der Waals surface area contributed by atoms with E-state index < -0.39 is 29.8 Å². The number of carboxylic acids is 4. The van der Waals surface area contributed by atoms with Crippen molar-refractivity contribution in [2.75, 3.05) is 20.6 Å². The molecule has 5 aromatic rings. The predicted molar refractivity (Wildman–Crippen MR) is 189 cm³/mol. The SMILES string of the molecule is CN(C)CCn1cc(-c2ccn3c(-c4ccc(C(N)=O)c(OCc5ccccc5)c4)cnc3c2)cn1.O=C(O)CCC(=O)O.O=C(O)CCC(=O)O. The van der Waals surface area contributed by atoms with Crippen LogP contribution in [0.25, 0.3) is 28.0 Å². The van der Waals surface area contributed by atoms with Crippen LogP contribution in [-0.4, -0.2) is 94.9 Å². The highest BCUT2D eigenvalue weighted by molar-refractivity contribution is 5.96. The van der Waals surface area contributed by atoms with Crippen molar-refractivity contribution < 1.29 is 49.1 Å². The molecule has 0 aliphatic heterocycles. The van der Waals surface area contributed by atoms with E-state index in [9.17, 15) is 24.0 Å². The van der Waals surface area contributed by atoms with Crippen LogP contribution in [0, 0.1) is 0 Å². The molecule has 16 heteroatoms. The molecule has 3 heterocycles. The average Bonchev–Trinajstić information content (AvgIpc) is 3.76. The highest BCUT2D eigenvalue weighted by atomic mass is 16.5. The fourth-order valence-electron chi connectivity index (χ4n) is 4.48. The molecule has 0 aliphatic carbocycles. The minimum atomic E-state index is -1.08. The van der Waals surface area contributed by atoms with E-state index in [1.165, 1.54) is 0 Å². The lowest BCUT2D eigenvalue weighted by Crippen LogP contribution is -2.18. The third-order valence-corrected chi connectivity index (χ3v) is 7.14. The van der Waals surface area contributed by atoms with Crippen LogP contribution in [0.4, 0.5) is 0 Å². The smallest absolute Gasteiger partial charge is 0.303 e. The Hall–Kier alpha value is -6.55. The first-order valence-corrected chi connectivity index (χ1v) is 15.9. The van der Waals surface area contributed by atoms with Crippen molar-refractivity contribution in [3.05, 3.63) is 96.6 Å². The summed E-state index contributed by atoms with van der Waals surface area (Å²) < 4.78 is 9.97. The lowest BCUT2D eigenvalue weighted by Gasteiger charge is -2.12. The van der Waals surface area contributed by atoms with Gasteiger partial charge in [0, 0.05) is 30.1 Å². The van der Waals surface area contributed by atoms with E-state index in [1.54, 1.807) is 6.07 Å². The second kappa shape index (κ2) is 19.6. The minimum Gasteiger partial charge on any atom is -0.488 e. The Morgan fingerprint density at radius 3 is 1.94 bits per heavy atom. The summed E-state index contributed by atoms with van der Waals surface area (Å²) in [6, 6.07) is 19.3. The normalized spacial score (nSPS) is 10.4. The number of likely N-dealkylation sites (N-methyl/N-ethyl adjacent to an activating group) is 1. The first-order valence-electron chi connectivity index (χ1n) is 15.9. The van der Waals surface area contributed by atoms with E-state index in [1.807, 2.05) is 90.3 Å². The first-order chi connectivity index (χ1) is 24.7. The number of imidazole rings is 1. The highest BCUT2D eigenvalue weighted by Gasteiger charge is 2.15. The van der Waals surface area contributed by atoms with Crippen molar-refractivity contribution in [3.8, 4) is 28.1 Å². The molecule has 0 fully saturated rings. The van der Waals surface area contributed by atoms with E-state index in [0.29, 0.717) is 17.9 Å². The molecule has 0 atom stereocenters. The molecule has 0 bridgehead atoms. The Kier molecular flexibility index (Phi) is 15.0. The maximum absolute atomic E-state index is 12.0. The number of benzene rings is 2. The fraction of sp³-hybridized carbons (Fsp3) is 0.250. The monoisotopic (exact) mass is 716 g/mol. The molecule has 0 saturated heterocycles. The second-order valence-corrected chi connectivity index (χ2v) is 11.5. The van der Waals surface area contributed by atoms with Gasteiger partial charge in [-0.1, -0.05) is 36.4 Å². The first kappa shape index (κ1) is 39.9. The van der Waals surface area contributed by atoms with Gasteiger partial charge in [0.2, 0.25) is 0 Å². The van der Waals surface area contributed by atoms with Crippen molar-refractivity contribution in [3.63, 3.8) is 0 Å². The summed E-state index contributed by atoms with van der Waals surface area (Å²) in [5, 5.41) is 36.1. The van der Waals surface area contributed by atoms with Crippen LogP contribution in [0.3, 0.4) is 0 Å². The maximum Gasteiger partial charge on any atom is 0.303 e. The molecule has 0 spiro atoms. The van der Waals surface area contributed by atoms with Crippen molar-refractivity contribution in [2.24, 2.45) is 5.73 Å². The lowest BCUT2D eigenvalue weighted by molar-refractivity contribution is -0.143. The zero-order valence-electron chi connectivity index (χ0n) is 28.6. The van der Waals surface area contributed by atoms with Gasteiger partial charge in [-0.2, -0.15) is 5.10 Å². The van der Waals surface area contributed by atoms with Gasteiger partial charge < -0.3 is 35.8 Å². The van der Waals surface area contributed by atoms with Gasteiger partial charge in [0.05, 0.1) is 55.9 Å². The zero-order chi connectivity index (χ0) is 38.2. The van der Waals surface area contributed by atoms with Crippen LogP contribution in [0.2, 0.25) is 0 Å². The topological polar surface area (TPSA) is 240 Å². The molecule has 5 rings (SSSR count). The molecule has 0 radical (unpaired) electrons. The third kappa shape index (κ3) is 13.1. The van der Waals surface area contributed by atoms with E-state index in [0.717, 1.165) is 46.7 Å². The fourth-order valence-corrected chi connectivity index (χ4v) is 4.48. The largest absolute Gasteiger partial charge is 0.488 e. The number of fused-ring (bicyclic) bond motifs is 1. The quantitative estimate of drug-likeness (QED) is 0.103. The molecule has 2 aromatic carbocycles. The van der Waals surface area contributed by atoms with Crippen molar-refractivity contribution in [2.45, 2.75) is 38.8 Å². The molecular weight excluding hydrogens is 676 g/mol. The second-order valence-electron chi connectivity index (χ2n) is 11.5. The number of hydrogen-bond acceptors (Lipinski definition) is 9. The van der Waals surface area contributed by atoms with Gasteiger partial charge in [0.15, 0.2) is 0 Å². The van der Waals surface area contributed by atoms with Crippen LogP contribution in [0.15, 0.2) is 85.5 Å². The maximum atomic E-state index is 12.0. The summed E-state index contributed by atoms with van der Waals surface area (Å²) in [5.41, 5.74) is 11.6. The van der Waals surface area contributed by atoms with Crippen LogP contribution in [-0.2, 0) is 32.3 Å². The Morgan fingerprint density at radius 2 is 1.38 bits per heavy atom. The number of rotatable bonds is 15. The number of carboxylic acid groups (broad SMARTS) is 4. The number of hydrogen-bond donors (Lipinski definition) is 5. The molecule has 0 aliphatic rings. The number of aliphatic carboxylic acids is 4. The number of pyridine rings is 1. The number of amides is 1. The van der Waals surface area contributed by atoms with Gasteiger partial charge in [-0.15, -0.1) is 0 Å². The number of nitrogens with two attached hydrogens (primary N) is 1. The molecule has 3 aromatic heterocycles. The molecule has 52 heavy (non-hydrogen) atoms. The summed E-state index contributed by atoms with van der Waals surface area (Å²) >= 11 is 0. The van der Waals surface area contributed by atoms with Crippen molar-refractivity contribution in [1.29, 1.82) is 0 Å². The molecule has 6 N–H and O–H groups in total. The van der Waals surface area contributed by atoms with Crippen molar-refractivity contribution >= 4 is 35.4 Å². The third-order valence-electron chi connectivity index (χ3n) is 7.14. The summed E-state index contributed by atoms with van der Waals surface area (Å²) in [4.78, 5) is 57.3. The Bertz CT molecular complexity index is 1930. The Labute approximate surface area is 298 Å². The number of aromatic nitrogens is 4. The van der Waals surface area contributed by atoms with Crippen molar-refractivity contribution in [1.82, 2.24) is 24.1 Å². The molecule has 16 nitrogen and oxygen atoms in total. The van der Waals surface area contributed by atoms with Crippen LogP contribution < -0.4 is 10.5 Å². The average molecular weight is 717 g/mol. The van der Waals surface area contributed by atoms with Crippen LogP contribution >= 0.6 is 0 Å². The number of primary amides is 1. The van der Waals surface area contributed by atoms with Gasteiger partial charge in [-0.25, -0.2) is 4.98 Å². The van der Waals surface area contributed by atoms with Crippen LogP contribution in [0.5, 0.6) is 5.75 Å². The van der Waals surface area contributed by atoms with Gasteiger partial charge >= 0.3 is 23.9 Å². The molecular formula is C36H40N6O10. The highest BCUT2D eigenvalue weighted by Crippen LogP contribution is 2.30. The minimum absolute atomic E-state index is 0.296. The van der Waals surface area contributed by atoms with Gasteiger partial charge in [-0.3, -0.25) is 33.1 Å². The van der Waals surface area contributed by atoms with Gasteiger partial charge in [0.25, 0.3) is 5.91 Å². The summed E-state index contributed by atoms with van der Waals surface area (Å²) in [6.07, 6.45) is 6.56. The molecule has 0 saturated carbocycles. The van der Waals surface area contributed by atoms with E-state index in [2.05, 4.69) is 27.2 Å². The standard InChI is InChI=1S/C28H28N6O2.2C4H6O4/c1-32(2)12-13-33-18-23(16-31-33)21-10-11-34-25(17-30-27(34)15-21)22-8-9-24(28(29)35)26(14-22)36-19-20-6-4-3-5-7-20;2*5-3(6)1-2-4(7)8/h3-11,14-18H,12-13,19H2,1-2H3,(H2,29,35);2*1-2H2,(H,5,6)(H,7,8). The Morgan fingerprint density at radius 1 is 0.769 bits per heavy atom. The summed E-state index contributed by atoms with van der Waals surface area (Å²) in [5.74, 6) is -4.39. The number of carbonyl (C=O) groups excluding carboxylic acids is 1. The molecule has 1 amide bonds. The van der Waals surface area contributed by atoms with E-state index in [-0.39, 0.29) is 25.7 Å². The van der Waals surface area contributed by atoms with Gasteiger partial charge in [-0.05, 0) is 49.5 Å². The number of ether oxygens (including phenoxy) is 1. The summed E-state index contributed by atoms with van der Waals surface area (Å²) in [7, 11) is 4.10. The molecule has 274 valence electrons. The summed E-state index contributed by atoms with van der Waals surface area (Å²) in [6.45, 7) is 2.09. The molecule has 0 unspecified atom stereocenters. The zero-order valence-corrected chi connectivity index (χ0v) is 28.6. The predicted octanol–water partition coefficient (Wildman–Crippen LogP) is 3.98. The van der Waals surface area contributed by atoms with Gasteiger partial charge in [0.1, 0.15) is 18.0 Å². The van der Waals surface area contributed by atoms with Crippen LogP contribution in [0.1, 0.15) is 41.6 Å².